The lowest BCUT2D eigenvalue weighted by molar-refractivity contribution is 0.355. The average molecular weight is 233 g/mol. The molecule has 2 N–H and O–H groups in total. The molecule has 1 aromatic rings. The molecular formula is C12H15N3O2. The van der Waals surface area contributed by atoms with Crippen molar-refractivity contribution in [2.24, 2.45) is 15.9 Å². The summed E-state index contributed by atoms with van der Waals surface area (Å²) in [6.45, 7) is 0. The van der Waals surface area contributed by atoms with Crippen LogP contribution in [-0.2, 0) is 0 Å². The fourth-order valence-electron chi connectivity index (χ4n) is 1.69. The van der Waals surface area contributed by atoms with Gasteiger partial charge in [-0.2, -0.15) is 5.10 Å². The number of nitrogens with zero attached hydrogens (tertiary/aromatic N) is 2. The van der Waals surface area contributed by atoms with Crippen LogP contribution in [0.1, 0.15) is 18.4 Å². The van der Waals surface area contributed by atoms with Gasteiger partial charge >= 0.3 is 0 Å². The molecule has 0 aromatic heterocycles. The van der Waals surface area contributed by atoms with E-state index in [2.05, 4.69) is 10.2 Å². The van der Waals surface area contributed by atoms with Gasteiger partial charge in [-0.05, 0) is 24.6 Å². The first-order valence-electron chi connectivity index (χ1n) is 5.36. The van der Waals surface area contributed by atoms with Crippen LogP contribution in [0.2, 0.25) is 0 Å². The van der Waals surface area contributed by atoms with Crippen molar-refractivity contribution in [1.29, 1.82) is 0 Å². The van der Waals surface area contributed by atoms with Crippen molar-refractivity contribution in [2.75, 3.05) is 14.2 Å². The Kier molecular flexibility index (Phi) is 3.27. The first-order chi connectivity index (χ1) is 8.24. The Bertz CT molecular complexity index is 481. The van der Waals surface area contributed by atoms with Crippen molar-refractivity contribution in [3.8, 4) is 11.5 Å². The van der Waals surface area contributed by atoms with Gasteiger partial charge in [0, 0.05) is 12.0 Å². The van der Waals surface area contributed by atoms with E-state index < -0.39 is 0 Å². The van der Waals surface area contributed by atoms with E-state index in [-0.39, 0.29) is 0 Å². The van der Waals surface area contributed by atoms with E-state index in [1.807, 2.05) is 18.2 Å². The molecule has 0 radical (unpaired) electrons. The van der Waals surface area contributed by atoms with E-state index in [0.29, 0.717) is 17.3 Å². The second-order valence-electron chi connectivity index (χ2n) is 3.71. The molecular weight excluding hydrogens is 218 g/mol. The Morgan fingerprint density at radius 2 is 1.82 bits per heavy atom. The van der Waals surface area contributed by atoms with Crippen molar-refractivity contribution in [3.63, 3.8) is 0 Å². The number of benzene rings is 1. The minimum atomic E-state index is 0.578. The lowest BCUT2D eigenvalue weighted by Gasteiger charge is -2.12. The van der Waals surface area contributed by atoms with Gasteiger partial charge in [-0.1, -0.05) is 0 Å². The van der Waals surface area contributed by atoms with Crippen LogP contribution in [0.5, 0.6) is 11.5 Å². The molecule has 0 atom stereocenters. The molecule has 0 bridgehead atoms. The van der Waals surface area contributed by atoms with Crippen LogP contribution >= 0.6 is 0 Å². The molecule has 0 spiro atoms. The summed E-state index contributed by atoms with van der Waals surface area (Å²) >= 11 is 0. The third-order valence-corrected chi connectivity index (χ3v) is 2.63. The van der Waals surface area contributed by atoms with E-state index in [9.17, 15) is 0 Å². The van der Waals surface area contributed by atoms with Gasteiger partial charge < -0.3 is 15.2 Å². The molecule has 1 aromatic carbocycles. The lowest BCUT2D eigenvalue weighted by atomic mass is 10.0. The molecule has 0 aliphatic carbocycles. The second kappa shape index (κ2) is 4.86. The highest BCUT2D eigenvalue weighted by molar-refractivity contribution is 6.04. The highest BCUT2D eigenvalue weighted by Crippen LogP contribution is 2.28. The van der Waals surface area contributed by atoms with Crippen LogP contribution in [0, 0.1) is 0 Å². The highest BCUT2D eigenvalue weighted by atomic mass is 16.5. The van der Waals surface area contributed by atoms with E-state index >= 15 is 0 Å². The summed E-state index contributed by atoms with van der Waals surface area (Å²) in [7, 11) is 3.22. The molecule has 1 heterocycles. The monoisotopic (exact) mass is 233 g/mol. The number of nitrogens with two attached hydrogens (primary N) is 1. The van der Waals surface area contributed by atoms with Crippen LogP contribution < -0.4 is 15.2 Å². The summed E-state index contributed by atoms with van der Waals surface area (Å²) in [6.07, 6.45) is 1.54. The zero-order valence-corrected chi connectivity index (χ0v) is 9.93. The van der Waals surface area contributed by atoms with Crippen molar-refractivity contribution in [3.05, 3.63) is 23.8 Å². The molecule has 90 valence electrons. The van der Waals surface area contributed by atoms with E-state index in [1.54, 1.807) is 14.2 Å². The van der Waals surface area contributed by atoms with Crippen LogP contribution in [-0.4, -0.2) is 25.8 Å². The smallest absolute Gasteiger partial charge is 0.161 e. The van der Waals surface area contributed by atoms with Crippen LogP contribution in [0.15, 0.2) is 28.4 Å². The van der Waals surface area contributed by atoms with E-state index in [0.717, 1.165) is 24.1 Å². The zero-order valence-electron chi connectivity index (χ0n) is 9.93. The lowest BCUT2D eigenvalue weighted by Crippen LogP contribution is -2.17. The normalized spacial score (nSPS) is 14.9. The Balaban J connectivity index is 2.34. The summed E-state index contributed by atoms with van der Waals surface area (Å²) in [5.74, 6) is 1.97. The number of ether oxygens (including phenoxy) is 2. The Morgan fingerprint density at radius 3 is 2.41 bits per heavy atom. The van der Waals surface area contributed by atoms with Gasteiger partial charge in [0.05, 0.1) is 19.9 Å². The van der Waals surface area contributed by atoms with Crippen molar-refractivity contribution in [1.82, 2.24) is 0 Å². The molecule has 0 saturated heterocycles. The van der Waals surface area contributed by atoms with Crippen LogP contribution in [0.25, 0.3) is 0 Å². The molecule has 0 fully saturated rings. The quantitative estimate of drug-likeness (QED) is 0.861. The Labute approximate surface area is 99.9 Å². The maximum atomic E-state index is 5.57. The third-order valence-electron chi connectivity index (χ3n) is 2.63. The van der Waals surface area contributed by atoms with Gasteiger partial charge in [0.15, 0.2) is 11.5 Å². The number of methoxy groups -OCH3 is 2. The minimum Gasteiger partial charge on any atom is -0.493 e. The van der Waals surface area contributed by atoms with Crippen molar-refractivity contribution >= 4 is 11.5 Å². The Morgan fingerprint density at radius 1 is 1.06 bits per heavy atom. The maximum Gasteiger partial charge on any atom is 0.161 e. The first-order valence-corrected chi connectivity index (χ1v) is 5.36. The predicted molar refractivity (Wildman–Crippen MR) is 66.9 cm³/mol. The topological polar surface area (TPSA) is 69.2 Å². The fourth-order valence-corrected chi connectivity index (χ4v) is 1.69. The van der Waals surface area contributed by atoms with Crippen LogP contribution in [0.4, 0.5) is 0 Å². The molecule has 17 heavy (non-hydrogen) atoms. The maximum absolute atomic E-state index is 5.57. The van der Waals surface area contributed by atoms with Gasteiger partial charge in [-0.3, -0.25) is 0 Å². The molecule has 1 aliphatic heterocycles. The number of amidine groups is 1. The van der Waals surface area contributed by atoms with E-state index in [4.69, 9.17) is 15.2 Å². The Hall–Kier alpha value is -2.04. The van der Waals surface area contributed by atoms with Crippen molar-refractivity contribution < 1.29 is 9.47 Å². The molecule has 0 unspecified atom stereocenters. The molecule has 0 amide bonds. The van der Waals surface area contributed by atoms with Gasteiger partial charge in [-0.15, -0.1) is 5.10 Å². The third kappa shape index (κ3) is 2.38. The highest BCUT2D eigenvalue weighted by Gasteiger charge is 2.12. The van der Waals surface area contributed by atoms with Crippen LogP contribution in [0.3, 0.4) is 0 Å². The SMILES string of the molecule is COc1ccc(C2=NN=C(N)CC2)cc1OC. The van der Waals surface area contributed by atoms with Gasteiger partial charge in [0.1, 0.15) is 5.84 Å². The molecule has 5 heteroatoms. The fraction of sp³-hybridized carbons (Fsp3) is 0.333. The summed E-state index contributed by atoms with van der Waals surface area (Å²) < 4.78 is 10.4. The summed E-state index contributed by atoms with van der Waals surface area (Å²) in [4.78, 5) is 0. The molecule has 1 aliphatic rings. The number of hydrogen-bond donors (Lipinski definition) is 1. The predicted octanol–water partition coefficient (Wildman–Crippen LogP) is 1.56. The number of hydrogen-bond acceptors (Lipinski definition) is 5. The molecule has 5 nitrogen and oxygen atoms in total. The first kappa shape index (κ1) is 11.4. The minimum absolute atomic E-state index is 0.578. The van der Waals surface area contributed by atoms with Crippen molar-refractivity contribution in [2.45, 2.75) is 12.8 Å². The number of rotatable bonds is 3. The van der Waals surface area contributed by atoms with Gasteiger partial charge in [0.25, 0.3) is 0 Å². The molecule has 0 saturated carbocycles. The van der Waals surface area contributed by atoms with Gasteiger partial charge in [0.2, 0.25) is 0 Å². The van der Waals surface area contributed by atoms with E-state index in [1.165, 1.54) is 0 Å². The largest absolute Gasteiger partial charge is 0.493 e. The standard InChI is InChI=1S/C12H15N3O2/c1-16-10-5-3-8(7-11(10)17-2)9-4-6-12(13)15-14-9/h3,5,7H,4,6H2,1-2H3,(H2,13,15). The summed E-state index contributed by atoms with van der Waals surface area (Å²) in [5, 5.41) is 7.99. The second-order valence-corrected chi connectivity index (χ2v) is 3.71. The zero-order chi connectivity index (χ0) is 12.3. The van der Waals surface area contributed by atoms with Gasteiger partial charge in [-0.25, -0.2) is 0 Å². The summed E-state index contributed by atoms with van der Waals surface area (Å²) in [6, 6.07) is 5.70. The average Bonchev–Trinajstić information content (AvgIpc) is 2.39. The summed E-state index contributed by atoms with van der Waals surface area (Å²) in [5.41, 5.74) is 7.48. The molecule has 2 rings (SSSR count).